The van der Waals surface area contributed by atoms with Crippen molar-refractivity contribution in [1.82, 2.24) is 30.3 Å². The van der Waals surface area contributed by atoms with Crippen LogP contribution in [0.2, 0.25) is 0 Å². The molecule has 1 aliphatic rings. The van der Waals surface area contributed by atoms with Crippen molar-refractivity contribution < 1.29 is 24.0 Å². The minimum absolute atomic E-state index is 0.111. The number of carbonyl (C=O) groups excluding carboxylic acids is 5. The average Bonchev–Trinajstić information content (AvgIpc) is 3.84. The Labute approximate surface area is 325 Å². The van der Waals surface area contributed by atoms with Crippen LogP contribution in [0.25, 0.3) is 22.6 Å². The molecule has 0 unspecified atom stereocenters. The molecule has 6 rings (SSSR count). The van der Waals surface area contributed by atoms with Gasteiger partial charge in [-0.25, -0.2) is 9.48 Å². The van der Waals surface area contributed by atoms with Gasteiger partial charge in [-0.3, -0.25) is 19.2 Å². The predicted molar refractivity (Wildman–Crippen MR) is 219 cm³/mol. The molecule has 5 amide bonds. The lowest BCUT2D eigenvalue weighted by atomic mass is 10.0. The molecule has 0 aliphatic carbocycles. The Hall–Kier alpha value is -6.54. The molecule has 0 atom stereocenters. The lowest BCUT2D eigenvalue weighted by Gasteiger charge is -2.18. The highest BCUT2D eigenvalue weighted by Gasteiger charge is 2.26. The third-order valence-corrected chi connectivity index (χ3v) is 9.86. The molecule has 0 fully saturated rings. The van der Waals surface area contributed by atoms with Gasteiger partial charge in [-0.05, 0) is 87.0 Å². The fraction of sp³-hybridized carbons (Fsp3) is 0.286. The number of benzene rings is 3. The first-order chi connectivity index (χ1) is 27.0. The van der Waals surface area contributed by atoms with E-state index in [4.69, 9.17) is 0 Å². The van der Waals surface area contributed by atoms with Gasteiger partial charge in [0.1, 0.15) is 0 Å². The first-order valence-electron chi connectivity index (χ1n) is 18.8. The van der Waals surface area contributed by atoms with Crippen LogP contribution >= 0.6 is 0 Å². The fourth-order valence-electron chi connectivity index (χ4n) is 6.75. The van der Waals surface area contributed by atoms with E-state index in [-0.39, 0.29) is 42.5 Å². The van der Waals surface area contributed by atoms with Gasteiger partial charge in [0.25, 0.3) is 11.8 Å². The van der Waals surface area contributed by atoms with Gasteiger partial charge in [-0.15, -0.1) is 0 Å². The molecule has 14 heteroatoms. The van der Waals surface area contributed by atoms with Crippen molar-refractivity contribution in [3.8, 4) is 0 Å². The summed E-state index contributed by atoms with van der Waals surface area (Å²) in [4.78, 5) is 70.5. The number of fused-ring (bicyclic) bond motifs is 2. The summed E-state index contributed by atoms with van der Waals surface area (Å²) in [6, 6.07) is 19.7. The van der Waals surface area contributed by atoms with Crippen molar-refractivity contribution in [3.63, 3.8) is 0 Å². The van der Waals surface area contributed by atoms with Crippen molar-refractivity contribution in [3.05, 3.63) is 107 Å². The number of anilines is 3. The predicted octanol–water partition coefficient (Wildman–Crippen LogP) is 5.97. The Kier molecular flexibility index (Phi) is 12.4. The van der Waals surface area contributed by atoms with Crippen molar-refractivity contribution >= 4 is 69.3 Å². The van der Waals surface area contributed by atoms with E-state index in [1.807, 2.05) is 44.2 Å². The quantitative estimate of drug-likeness (QED) is 0.0712. The van der Waals surface area contributed by atoms with Crippen LogP contribution in [0.5, 0.6) is 0 Å². The van der Waals surface area contributed by atoms with Crippen molar-refractivity contribution in [2.24, 2.45) is 0 Å². The van der Waals surface area contributed by atoms with Crippen LogP contribution in [0.3, 0.4) is 0 Å². The number of aromatic amines is 1. The van der Waals surface area contributed by atoms with Crippen LogP contribution in [0.15, 0.2) is 72.9 Å². The number of H-pyrrole nitrogens is 1. The van der Waals surface area contributed by atoms with Crippen LogP contribution in [0.4, 0.5) is 21.9 Å². The van der Waals surface area contributed by atoms with Gasteiger partial charge in [0.2, 0.25) is 11.8 Å². The number of hydrogen-bond donors (Lipinski definition) is 6. The summed E-state index contributed by atoms with van der Waals surface area (Å²) in [5, 5.41) is 19.3. The summed E-state index contributed by atoms with van der Waals surface area (Å²) in [6.07, 6.45) is 3.74. The second-order valence-corrected chi connectivity index (χ2v) is 13.6. The molecule has 3 aromatic carbocycles. The number of urea groups is 1. The molecule has 3 heterocycles. The normalized spacial score (nSPS) is 12.8. The maximum Gasteiger partial charge on any atom is 0.319 e. The third kappa shape index (κ3) is 9.21. The second kappa shape index (κ2) is 17.7. The largest absolute Gasteiger partial charge is 0.358 e. The zero-order valence-corrected chi connectivity index (χ0v) is 32.0. The topological polar surface area (TPSA) is 182 Å². The van der Waals surface area contributed by atoms with Gasteiger partial charge in [0, 0.05) is 71.9 Å². The first kappa shape index (κ1) is 39.2. The molecule has 5 aromatic rings. The van der Waals surface area contributed by atoms with Crippen LogP contribution in [0, 0.1) is 13.8 Å². The second-order valence-electron chi connectivity index (χ2n) is 13.6. The Morgan fingerprint density at radius 1 is 0.875 bits per heavy atom. The van der Waals surface area contributed by atoms with Gasteiger partial charge in [0.15, 0.2) is 0 Å². The molecule has 0 radical (unpaired) electrons. The molecule has 2 aromatic heterocycles. The molecule has 1 aliphatic heterocycles. The van der Waals surface area contributed by atoms with Gasteiger partial charge in [0.05, 0.1) is 22.9 Å². The number of nitrogens with zero attached hydrogens (tertiary/aromatic N) is 3. The van der Waals surface area contributed by atoms with E-state index in [1.54, 1.807) is 48.7 Å². The lowest BCUT2D eigenvalue weighted by molar-refractivity contribution is -0.116. The number of carbonyl (C=O) groups is 5. The van der Waals surface area contributed by atoms with Crippen molar-refractivity contribution in [1.29, 1.82) is 0 Å². The molecular formula is C42H47N9O5. The number of hydrogen-bond acceptors (Lipinski definition) is 7. The number of rotatable bonds is 15. The van der Waals surface area contributed by atoms with Gasteiger partial charge in [-0.1, -0.05) is 44.2 Å². The van der Waals surface area contributed by atoms with Crippen LogP contribution in [-0.4, -0.2) is 82.0 Å². The first-order valence-corrected chi connectivity index (χ1v) is 18.8. The molecule has 0 bridgehead atoms. The summed E-state index contributed by atoms with van der Waals surface area (Å²) in [6.45, 7) is 11.4. The SMILES string of the molecule is CCN(CC)CCNC(=O)c1c(C)[nH]c(/C=C2\C(=O)Nc3ccc(NC(=O)CCC(=O)n4ncc5ccc(NC(=O)NCCc6ccccc6)cc54)cc32)c1C. The Morgan fingerprint density at radius 3 is 2.39 bits per heavy atom. The van der Waals surface area contributed by atoms with E-state index >= 15 is 0 Å². The Bertz CT molecular complexity index is 2300. The Balaban J connectivity index is 1.06. The summed E-state index contributed by atoms with van der Waals surface area (Å²) < 4.78 is 1.23. The zero-order valence-electron chi connectivity index (χ0n) is 32.0. The molecule has 290 valence electrons. The highest BCUT2D eigenvalue weighted by molar-refractivity contribution is 6.35. The minimum atomic E-state index is -0.389. The Morgan fingerprint density at radius 2 is 1.62 bits per heavy atom. The van der Waals surface area contributed by atoms with E-state index in [0.29, 0.717) is 75.6 Å². The molecule has 0 saturated carbocycles. The van der Waals surface area contributed by atoms with E-state index < -0.39 is 0 Å². The molecule has 14 nitrogen and oxygen atoms in total. The molecule has 0 spiro atoms. The van der Waals surface area contributed by atoms with Crippen LogP contribution < -0.4 is 26.6 Å². The highest BCUT2D eigenvalue weighted by atomic mass is 16.2. The zero-order chi connectivity index (χ0) is 39.8. The number of nitrogens with one attached hydrogen (secondary N) is 6. The molecule has 56 heavy (non-hydrogen) atoms. The fourth-order valence-corrected chi connectivity index (χ4v) is 6.75. The van der Waals surface area contributed by atoms with Gasteiger partial charge >= 0.3 is 6.03 Å². The van der Waals surface area contributed by atoms with Gasteiger partial charge in [-0.2, -0.15) is 5.10 Å². The molecule has 0 saturated heterocycles. The summed E-state index contributed by atoms with van der Waals surface area (Å²) in [7, 11) is 0. The van der Waals surface area contributed by atoms with E-state index in [1.165, 1.54) is 4.68 Å². The maximum absolute atomic E-state index is 13.2. The van der Waals surface area contributed by atoms with E-state index in [0.717, 1.165) is 30.8 Å². The highest BCUT2D eigenvalue weighted by Crippen LogP contribution is 2.36. The monoisotopic (exact) mass is 757 g/mol. The van der Waals surface area contributed by atoms with Crippen LogP contribution in [0.1, 0.15) is 69.9 Å². The maximum atomic E-state index is 13.2. The molecule has 6 N–H and O–H groups in total. The van der Waals surface area contributed by atoms with Crippen molar-refractivity contribution in [2.45, 2.75) is 47.0 Å². The van der Waals surface area contributed by atoms with Gasteiger partial charge < -0.3 is 36.5 Å². The molecular weight excluding hydrogens is 711 g/mol. The number of likely N-dealkylation sites (N-methyl/N-ethyl adjacent to an activating group) is 1. The number of amides is 5. The number of aromatic nitrogens is 3. The van der Waals surface area contributed by atoms with E-state index in [9.17, 15) is 24.0 Å². The number of aryl methyl sites for hydroxylation is 1. The van der Waals surface area contributed by atoms with Crippen molar-refractivity contribution in [2.75, 3.05) is 48.7 Å². The smallest absolute Gasteiger partial charge is 0.319 e. The standard InChI is InChI=1S/C42H47N9O5/c1-5-50(6-2)21-20-43-41(55)39-26(3)35(46-27(39)4)24-33-32-22-30(14-15-34(32)49-40(33)54)47-37(52)16-17-38(53)51-36-23-31(13-12-29(36)25-45-51)48-42(56)44-19-18-28-10-8-7-9-11-28/h7-15,22-25,46H,5-6,16-21H2,1-4H3,(H,43,55)(H,47,52)(H,49,54)(H2,44,48,56)/b33-24-. The summed E-state index contributed by atoms with van der Waals surface area (Å²) in [5.41, 5.74) is 6.74. The third-order valence-electron chi connectivity index (χ3n) is 9.86. The van der Waals surface area contributed by atoms with Crippen LogP contribution in [-0.2, 0) is 16.0 Å². The summed E-state index contributed by atoms with van der Waals surface area (Å²) >= 11 is 0. The van der Waals surface area contributed by atoms with E-state index in [2.05, 4.69) is 55.4 Å². The lowest BCUT2D eigenvalue weighted by Crippen LogP contribution is -2.35. The average molecular weight is 758 g/mol. The summed E-state index contributed by atoms with van der Waals surface area (Å²) in [5.74, 6) is -1.26. The minimum Gasteiger partial charge on any atom is -0.358 e.